The molecule has 154 valence electrons. The van der Waals surface area contributed by atoms with Crippen LogP contribution in [-0.4, -0.2) is 20.5 Å². The minimum atomic E-state index is -0.721. The van der Waals surface area contributed by atoms with Crippen molar-refractivity contribution in [2.24, 2.45) is 4.99 Å². The second-order valence-corrected chi connectivity index (χ2v) is 7.70. The summed E-state index contributed by atoms with van der Waals surface area (Å²) in [6.45, 7) is 1.81. The number of hydrogen-bond acceptors (Lipinski definition) is 7. The molecule has 0 radical (unpaired) electrons. The topological polar surface area (TPSA) is 142 Å². The Morgan fingerprint density at radius 1 is 0.774 bits per heavy atom. The molecule has 0 aliphatic heterocycles. The molecule has 0 N–H and O–H groups in total. The molecule has 0 unspecified atom stereocenters. The van der Waals surface area contributed by atoms with Crippen LogP contribution in [-0.2, 0) is 0 Å². The summed E-state index contributed by atoms with van der Waals surface area (Å²) in [6.07, 6.45) is 0. The minimum absolute atomic E-state index is 0.147. The summed E-state index contributed by atoms with van der Waals surface area (Å²) in [5, 5.41) is 34.4. The van der Waals surface area contributed by atoms with Crippen LogP contribution < -0.4 is 0 Å². The average Bonchev–Trinajstić information content (AvgIpc) is 3.02. The summed E-state index contributed by atoms with van der Waals surface area (Å²) < 4.78 is 0.822. The van der Waals surface area contributed by atoms with Gasteiger partial charge in [0.05, 0.1) is 37.8 Å². The Balaban J connectivity index is 2.10. The van der Waals surface area contributed by atoms with Gasteiger partial charge >= 0.3 is 0 Å². The molecule has 1 aliphatic carbocycles. The van der Waals surface area contributed by atoms with Crippen LogP contribution >= 0.6 is 15.9 Å². The summed E-state index contributed by atoms with van der Waals surface area (Å²) in [5.74, 6) is 0. The van der Waals surface area contributed by atoms with E-state index >= 15 is 0 Å². The van der Waals surface area contributed by atoms with Gasteiger partial charge in [0.15, 0.2) is 0 Å². The largest absolute Gasteiger partial charge is 0.284 e. The molecule has 0 spiro atoms. The van der Waals surface area contributed by atoms with Crippen molar-refractivity contribution in [2.75, 3.05) is 0 Å². The minimum Gasteiger partial charge on any atom is -0.258 e. The third-order valence-electron chi connectivity index (χ3n) is 4.89. The van der Waals surface area contributed by atoms with Crippen LogP contribution in [0.5, 0.6) is 0 Å². The van der Waals surface area contributed by atoms with E-state index in [1.807, 2.05) is 13.0 Å². The van der Waals surface area contributed by atoms with Gasteiger partial charge in [-0.25, -0.2) is 4.99 Å². The number of nitro benzene ring substituents is 3. The first-order valence-corrected chi connectivity index (χ1v) is 9.58. The van der Waals surface area contributed by atoms with E-state index in [4.69, 9.17) is 0 Å². The molecule has 0 amide bonds. The molecule has 0 heterocycles. The van der Waals surface area contributed by atoms with Crippen LogP contribution in [0, 0.1) is 37.3 Å². The molecule has 0 atom stereocenters. The molecule has 3 aromatic rings. The molecule has 11 heteroatoms. The van der Waals surface area contributed by atoms with E-state index in [1.165, 1.54) is 24.3 Å². The van der Waals surface area contributed by atoms with E-state index in [0.717, 1.165) is 16.1 Å². The molecule has 31 heavy (non-hydrogen) atoms. The van der Waals surface area contributed by atoms with Crippen molar-refractivity contribution >= 4 is 44.4 Å². The van der Waals surface area contributed by atoms with Crippen LogP contribution in [0.2, 0.25) is 0 Å². The SMILES string of the molecule is Cc1cc(Br)ccc1N=C1c2cc([N+](=O)[O-])ccc2-c2c1cc([N+](=O)[O-])cc2[N+](=O)[O-]. The number of non-ortho nitro benzene ring substituents is 2. The second-order valence-electron chi connectivity index (χ2n) is 6.78. The van der Waals surface area contributed by atoms with Crippen molar-refractivity contribution in [3.8, 4) is 11.1 Å². The van der Waals surface area contributed by atoms with Crippen molar-refractivity contribution in [3.05, 3.63) is 100 Å². The number of nitro groups is 3. The van der Waals surface area contributed by atoms with Gasteiger partial charge in [0, 0.05) is 33.8 Å². The van der Waals surface area contributed by atoms with Gasteiger partial charge < -0.3 is 0 Å². The third-order valence-corrected chi connectivity index (χ3v) is 5.39. The fourth-order valence-electron chi connectivity index (χ4n) is 3.52. The Hall–Kier alpha value is -3.99. The molecule has 1 aliphatic rings. The van der Waals surface area contributed by atoms with Crippen LogP contribution in [0.25, 0.3) is 11.1 Å². The van der Waals surface area contributed by atoms with Crippen molar-refractivity contribution in [1.29, 1.82) is 0 Å². The number of fused-ring (bicyclic) bond motifs is 3. The zero-order valence-corrected chi connectivity index (χ0v) is 17.3. The van der Waals surface area contributed by atoms with Gasteiger partial charge in [0.25, 0.3) is 17.1 Å². The number of benzene rings is 3. The van der Waals surface area contributed by atoms with Crippen LogP contribution in [0.3, 0.4) is 0 Å². The van der Waals surface area contributed by atoms with Crippen LogP contribution in [0.1, 0.15) is 16.7 Å². The lowest BCUT2D eigenvalue weighted by atomic mass is 10.0. The summed E-state index contributed by atoms with van der Waals surface area (Å²) in [5.41, 5.74) is 1.35. The van der Waals surface area contributed by atoms with Gasteiger partial charge in [-0.3, -0.25) is 30.3 Å². The maximum atomic E-state index is 11.7. The van der Waals surface area contributed by atoms with Crippen molar-refractivity contribution in [2.45, 2.75) is 6.92 Å². The lowest BCUT2D eigenvalue weighted by Crippen LogP contribution is -2.01. The molecular weight excluding hydrogens is 472 g/mol. The molecule has 10 nitrogen and oxygen atoms in total. The average molecular weight is 483 g/mol. The summed E-state index contributed by atoms with van der Waals surface area (Å²) >= 11 is 3.36. The quantitative estimate of drug-likeness (QED) is 0.272. The zero-order chi connectivity index (χ0) is 22.4. The van der Waals surface area contributed by atoms with Crippen LogP contribution in [0.15, 0.2) is 58.0 Å². The van der Waals surface area contributed by atoms with E-state index in [2.05, 4.69) is 20.9 Å². The Labute approximate surface area is 182 Å². The standard InChI is InChI=1S/C20H11BrN4O6/c1-10-6-11(21)2-5-17(10)22-20-15-7-12(23(26)27)3-4-14(15)19-16(20)8-13(24(28)29)9-18(19)25(30)31/h2-9H,1H3. The highest BCUT2D eigenvalue weighted by molar-refractivity contribution is 9.10. The number of halogens is 1. The highest BCUT2D eigenvalue weighted by Crippen LogP contribution is 2.46. The number of rotatable bonds is 4. The molecule has 3 aromatic carbocycles. The maximum absolute atomic E-state index is 11.7. The molecule has 0 bridgehead atoms. The lowest BCUT2D eigenvalue weighted by Gasteiger charge is -2.06. The fourth-order valence-corrected chi connectivity index (χ4v) is 4.00. The van der Waals surface area contributed by atoms with Crippen LogP contribution in [0.4, 0.5) is 22.7 Å². The lowest BCUT2D eigenvalue weighted by molar-refractivity contribution is -0.393. The van der Waals surface area contributed by atoms with Crippen molar-refractivity contribution in [1.82, 2.24) is 0 Å². The fraction of sp³-hybridized carbons (Fsp3) is 0.0500. The predicted octanol–water partition coefficient (Wildman–Crippen LogP) is 5.63. The van der Waals surface area contributed by atoms with Gasteiger partial charge in [-0.2, -0.15) is 0 Å². The van der Waals surface area contributed by atoms with E-state index in [-0.39, 0.29) is 22.5 Å². The normalized spacial score (nSPS) is 13.0. The third kappa shape index (κ3) is 3.44. The first-order valence-electron chi connectivity index (χ1n) is 8.78. The number of aliphatic imine (C=N–C) groups is 1. The van der Waals surface area contributed by atoms with Gasteiger partial charge in [-0.1, -0.05) is 15.9 Å². The number of nitrogens with zero attached hydrogens (tertiary/aromatic N) is 4. The smallest absolute Gasteiger partial charge is 0.258 e. The first kappa shape index (κ1) is 20.3. The Morgan fingerprint density at radius 3 is 2.06 bits per heavy atom. The van der Waals surface area contributed by atoms with Crippen molar-refractivity contribution < 1.29 is 14.8 Å². The Bertz CT molecular complexity index is 1350. The molecular formula is C20H11BrN4O6. The van der Waals surface area contributed by atoms with Gasteiger partial charge in [0.2, 0.25) is 0 Å². The summed E-state index contributed by atoms with van der Waals surface area (Å²) in [7, 11) is 0. The molecule has 0 aromatic heterocycles. The first-order chi connectivity index (χ1) is 14.7. The Kier molecular flexibility index (Phi) is 4.82. The van der Waals surface area contributed by atoms with Gasteiger partial charge in [-0.15, -0.1) is 0 Å². The van der Waals surface area contributed by atoms with Gasteiger partial charge in [0.1, 0.15) is 0 Å². The van der Waals surface area contributed by atoms with E-state index in [0.29, 0.717) is 16.8 Å². The van der Waals surface area contributed by atoms with E-state index < -0.39 is 26.1 Å². The number of aryl methyl sites for hydroxylation is 1. The molecule has 0 fully saturated rings. The monoisotopic (exact) mass is 482 g/mol. The predicted molar refractivity (Wildman–Crippen MR) is 116 cm³/mol. The summed E-state index contributed by atoms with van der Waals surface area (Å²) in [4.78, 5) is 37.0. The highest BCUT2D eigenvalue weighted by Gasteiger charge is 2.36. The molecule has 4 rings (SSSR count). The molecule has 0 saturated heterocycles. The summed E-state index contributed by atoms with van der Waals surface area (Å²) in [6, 6.07) is 11.3. The zero-order valence-electron chi connectivity index (χ0n) is 15.7. The van der Waals surface area contributed by atoms with Crippen molar-refractivity contribution in [3.63, 3.8) is 0 Å². The van der Waals surface area contributed by atoms with E-state index in [9.17, 15) is 30.3 Å². The maximum Gasteiger partial charge on any atom is 0.284 e. The molecule has 0 saturated carbocycles. The Morgan fingerprint density at radius 2 is 1.45 bits per heavy atom. The number of hydrogen-bond donors (Lipinski definition) is 0. The highest BCUT2D eigenvalue weighted by atomic mass is 79.9. The second kappa shape index (κ2) is 7.36. The van der Waals surface area contributed by atoms with E-state index in [1.54, 1.807) is 12.1 Å². The van der Waals surface area contributed by atoms with Gasteiger partial charge in [-0.05, 0) is 42.3 Å².